The summed E-state index contributed by atoms with van der Waals surface area (Å²) < 4.78 is 0. The van der Waals surface area contributed by atoms with Crippen molar-refractivity contribution in [1.82, 2.24) is 10.2 Å². The lowest BCUT2D eigenvalue weighted by atomic mass is 10.1. The first-order valence-electron chi connectivity index (χ1n) is 6.80. The van der Waals surface area contributed by atoms with E-state index in [0.29, 0.717) is 11.5 Å². The van der Waals surface area contributed by atoms with Gasteiger partial charge < -0.3 is 15.6 Å². The molecule has 2 rings (SSSR count). The molecule has 1 aromatic carbocycles. The van der Waals surface area contributed by atoms with Crippen LogP contribution in [-0.4, -0.2) is 37.0 Å². The molecule has 1 heterocycles. The number of carbonyl (C=O) groups excluding carboxylic acids is 1. The van der Waals surface area contributed by atoms with Gasteiger partial charge in [-0.1, -0.05) is 6.92 Å². The molecule has 104 valence electrons. The fourth-order valence-corrected chi connectivity index (χ4v) is 2.42. The van der Waals surface area contributed by atoms with E-state index in [0.717, 1.165) is 31.9 Å². The van der Waals surface area contributed by atoms with Crippen molar-refractivity contribution in [2.24, 2.45) is 11.8 Å². The van der Waals surface area contributed by atoms with Gasteiger partial charge in [-0.05, 0) is 49.7 Å². The molecule has 1 aliphatic rings. The zero-order chi connectivity index (χ0) is 13.7. The van der Waals surface area contributed by atoms with Crippen molar-refractivity contribution in [1.29, 1.82) is 0 Å². The number of nitrogen functional groups attached to an aromatic ring is 1. The summed E-state index contributed by atoms with van der Waals surface area (Å²) in [6, 6.07) is 7.14. The zero-order valence-corrected chi connectivity index (χ0v) is 11.4. The lowest BCUT2D eigenvalue weighted by Crippen LogP contribution is -2.31. The molecule has 1 aromatic rings. The second-order valence-corrected chi connectivity index (χ2v) is 4.98. The fraction of sp³-hybridized carbons (Fsp3) is 0.500. The van der Waals surface area contributed by atoms with Crippen LogP contribution in [0.2, 0.25) is 0 Å². The first-order valence-corrected chi connectivity index (χ1v) is 6.80. The smallest absolute Gasteiger partial charge is 0.251 e. The second kappa shape index (κ2) is 6.54. The van der Waals surface area contributed by atoms with Crippen molar-refractivity contribution in [3.8, 4) is 0 Å². The molecule has 1 saturated heterocycles. The number of hydrogen-bond donors (Lipinski definition) is 3. The van der Waals surface area contributed by atoms with Gasteiger partial charge >= 0.3 is 0 Å². The molecule has 0 aromatic heterocycles. The van der Waals surface area contributed by atoms with E-state index >= 15 is 0 Å². The number of carbonyl (C=O) groups is 1. The van der Waals surface area contributed by atoms with E-state index in [4.69, 9.17) is 5.84 Å². The highest BCUT2D eigenvalue weighted by Gasteiger charge is 2.21. The van der Waals surface area contributed by atoms with E-state index in [2.05, 4.69) is 22.6 Å². The number of amides is 1. The summed E-state index contributed by atoms with van der Waals surface area (Å²) in [6.45, 7) is 6.26. The molecule has 19 heavy (non-hydrogen) atoms. The summed E-state index contributed by atoms with van der Waals surface area (Å²) in [5.41, 5.74) is 4.01. The molecule has 5 nitrogen and oxygen atoms in total. The Kier molecular flexibility index (Phi) is 4.76. The Bertz CT molecular complexity index is 418. The van der Waals surface area contributed by atoms with Crippen molar-refractivity contribution >= 4 is 11.6 Å². The van der Waals surface area contributed by atoms with Crippen molar-refractivity contribution in [2.45, 2.75) is 13.3 Å². The van der Waals surface area contributed by atoms with Crippen LogP contribution in [0.4, 0.5) is 5.69 Å². The van der Waals surface area contributed by atoms with Gasteiger partial charge in [-0.3, -0.25) is 10.6 Å². The molecule has 1 amide bonds. The minimum absolute atomic E-state index is 0.0153. The quantitative estimate of drug-likeness (QED) is 0.548. The Labute approximate surface area is 114 Å². The number of rotatable bonds is 5. The average Bonchev–Trinajstić information content (AvgIpc) is 2.93. The number of nitrogens with zero attached hydrogens (tertiary/aromatic N) is 1. The molecule has 1 aliphatic heterocycles. The molecule has 0 bridgehead atoms. The maximum atomic E-state index is 12.0. The summed E-state index contributed by atoms with van der Waals surface area (Å²) in [6.07, 6.45) is 1.17. The summed E-state index contributed by atoms with van der Waals surface area (Å²) in [4.78, 5) is 14.4. The SMILES string of the molecule is CCN1CCC(CNC(=O)c2ccc(NN)cc2)C1. The third-order valence-corrected chi connectivity index (χ3v) is 3.68. The van der Waals surface area contributed by atoms with Gasteiger partial charge in [0.05, 0.1) is 0 Å². The van der Waals surface area contributed by atoms with Gasteiger partial charge in [-0.25, -0.2) is 0 Å². The van der Waals surface area contributed by atoms with Crippen LogP contribution in [0.3, 0.4) is 0 Å². The van der Waals surface area contributed by atoms with Crippen LogP contribution in [-0.2, 0) is 0 Å². The largest absolute Gasteiger partial charge is 0.352 e. The van der Waals surface area contributed by atoms with Gasteiger partial charge in [-0.15, -0.1) is 0 Å². The first kappa shape index (κ1) is 13.8. The lowest BCUT2D eigenvalue weighted by Gasteiger charge is -2.13. The Hall–Kier alpha value is -1.59. The Morgan fingerprint density at radius 3 is 2.74 bits per heavy atom. The number of likely N-dealkylation sites (tertiary alicyclic amines) is 1. The Balaban J connectivity index is 1.80. The van der Waals surface area contributed by atoms with Crippen LogP contribution in [0, 0.1) is 5.92 Å². The molecule has 0 saturated carbocycles. The van der Waals surface area contributed by atoms with Gasteiger partial charge in [0.1, 0.15) is 0 Å². The van der Waals surface area contributed by atoms with Gasteiger partial charge in [0.15, 0.2) is 0 Å². The molecular weight excluding hydrogens is 240 g/mol. The zero-order valence-electron chi connectivity index (χ0n) is 11.4. The fourth-order valence-electron chi connectivity index (χ4n) is 2.42. The van der Waals surface area contributed by atoms with Gasteiger partial charge in [0.2, 0.25) is 0 Å². The van der Waals surface area contributed by atoms with E-state index < -0.39 is 0 Å². The van der Waals surface area contributed by atoms with Crippen LogP contribution in [0.1, 0.15) is 23.7 Å². The molecule has 0 radical (unpaired) electrons. The number of nitrogens with one attached hydrogen (secondary N) is 2. The second-order valence-electron chi connectivity index (χ2n) is 4.98. The maximum Gasteiger partial charge on any atom is 0.251 e. The third-order valence-electron chi connectivity index (χ3n) is 3.68. The van der Waals surface area contributed by atoms with Crippen LogP contribution in [0.25, 0.3) is 0 Å². The summed E-state index contributed by atoms with van der Waals surface area (Å²) in [7, 11) is 0. The van der Waals surface area contributed by atoms with E-state index in [-0.39, 0.29) is 5.91 Å². The Morgan fingerprint density at radius 1 is 1.42 bits per heavy atom. The highest BCUT2D eigenvalue weighted by molar-refractivity contribution is 5.94. The normalized spacial score (nSPS) is 19.4. The number of benzene rings is 1. The van der Waals surface area contributed by atoms with Crippen molar-refractivity contribution in [2.75, 3.05) is 31.6 Å². The number of hydrazine groups is 1. The van der Waals surface area contributed by atoms with E-state index in [1.165, 1.54) is 6.42 Å². The molecule has 4 N–H and O–H groups in total. The number of hydrogen-bond acceptors (Lipinski definition) is 4. The average molecular weight is 262 g/mol. The van der Waals surface area contributed by atoms with Crippen LogP contribution < -0.4 is 16.6 Å². The summed E-state index contributed by atoms with van der Waals surface area (Å²) >= 11 is 0. The molecule has 5 heteroatoms. The standard InChI is InChI=1S/C14H22N4O/c1-2-18-8-7-11(10-18)9-16-14(19)12-3-5-13(17-15)6-4-12/h3-6,11,17H,2,7-10,15H2,1H3,(H,16,19). The lowest BCUT2D eigenvalue weighted by molar-refractivity contribution is 0.0947. The summed E-state index contributed by atoms with van der Waals surface area (Å²) in [5.74, 6) is 5.85. The van der Waals surface area contributed by atoms with Gasteiger partial charge in [-0.2, -0.15) is 0 Å². The van der Waals surface area contributed by atoms with Crippen LogP contribution in [0.5, 0.6) is 0 Å². The van der Waals surface area contributed by atoms with Crippen LogP contribution in [0.15, 0.2) is 24.3 Å². The van der Waals surface area contributed by atoms with E-state index in [1.807, 2.05) is 0 Å². The molecular formula is C14H22N4O. The monoisotopic (exact) mass is 262 g/mol. The minimum Gasteiger partial charge on any atom is -0.352 e. The highest BCUT2D eigenvalue weighted by atomic mass is 16.1. The highest BCUT2D eigenvalue weighted by Crippen LogP contribution is 2.15. The van der Waals surface area contributed by atoms with Crippen molar-refractivity contribution in [3.05, 3.63) is 29.8 Å². The topological polar surface area (TPSA) is 70.4 Å². The Morgan fingerprint density at radius 2 is 2.16 bits per heavy atom. The van der Waals surface area contributed by atoms with Gasteiger partial charge in [0.25, 0.3) is 5.91 Å². The van der Waals surface area contributed by atoms with Crippen molar-refractivity contribution < 1.29 is 4.79 Å². The summed E-state index contributed by atoms with van der Waals surface area (Å²) in [5, 5.41) is 3.01. The van der Waals surface area contributed by atoms with E-state index in [1.54, 1.807) is 24.3 Å². The molecule has 0 aliphatic carbocycles. The van der Waals surface area contributed by atoms with E-state index in [9.17, 15) is 4.79 Å². The molecule has 1 atom stereocenters. The van der Waals surface area contributed by atoms with Crippen LogP contribution >= 0.6 is 0 Å². The predicted octanol–water partition coefficient (Wildman–Crippen LogP) is 1.04. The van der Waals surface area contributed by atoms with Crippen molar-refractivity contribution in [3.63, 3.8) is 0 Å². The number of nitrogens with two attached hydrogens (primary N) is 1. The predicted molar refractivity (Wildman–Crippen MR) is 76.8 cm³/mol. The van der Waals surface area contributed by atoms with Gasteiger partial charge in [0, 0.05) is 24.3 Å². The maximum absolute atomic E-state index is 12.0. The minimum atomic E-state index is -0.0153. The number of anilines is 1. The molecule has 1 fully saturated rings. The first-order chi connectivity index (χ1) is 9.22. The third kappa shape index (κ3) is 3.68. The molecule has 1 unspecified atom stereocenters. The molecule has 0 spiro atoms.